The number of benzene rings is 1. The number of nitrogens with zero attached hydrogens (tertiary/aromatic N) is 1. The third-order valence-electron chi connectivity index (χ3n) is 2.72. The second-order valence-electron chi connectivity index (χ2n) is 3.60. The SMILES string of the molecule is COc1c(Br)ccc2c1CCCN2C. The average Bonchev–Trinajstić information content (AvgIpc) is 2.18. The fourth-order valence-electron chi connectivity index (χ4n) is 2.02. The Morgan fingerprint density at radius 3 is 2.93 bits per heavy atom. The Morgan fingerprint density at radius 1 is 1.43 bits per heavy atom. The molecule has 1 aliphatic rings. The minimum Gasteiger partial charge on any atom is -0.495 e. The van der Waals surface area contributed by atoms with E-state index in [-0.39, 0.29) is 0 Å². The number of hydrogen-bond acceptors (Lipinski definition) is 2. The molecular formula is C11H14BrNO. The summed E-state index contributed by atoms with van der Waals surface area (Å²) in [4.78, 5) is 2.29. The summed E-state index contributed by atoms with van der Waals surface area (Å²) < 4.78 is 6.47. The van der Waals surface area contributed by atoms with Crippen molar-refractivity contribution in [3.05, 3.63) is 22.2 Å². The molecule has 14 heavy (non-hydrogen) atoms. The summed E-state index contributed by atoms with van der Waals surface area (Å²) >= 11 is 3.51. The highest BCUT2D eigenvalue weighted by Gasteiger charge is 2.18. The van der Waals surface area contributed by atoms with Crippen molar-refractivity contribution in [2.45, 2.75) is 12.8 Å². The van der Waals surface area contributed by atoms with Crippen molar-refractivity contribution in [2.24, 2.45) is 0 Å². The van der Waals surface area contributed by atoms with Gasteiger partial charge in [-0.2, -0.15) is 0 Å². The van der Waals surface area contributed by atoms with Gasteiger partial charge in [0.15, 0.2) is 0 Å². The van der Waals surface area contributed by atoms with Crippen molar-refractivity contribution in [1.29, 1.82) is 0 Å². The second kappa shape index (κ2) is 3.81. The number of anilines is 1. The van der Waals surface area contributed by atoms with Gasteiger partial charge in [0.25, 0.3) is 0 Å². The molecule has 2 nitrogen and oxygen atoms in total. The maximum absolute atomic E-state index is 5.42. The van der Waals surface area contributed by atoms with Crippen LogP contribution in [0.3, 0.4) is 0 Å². The van der Waals surface area contributed by atoms with E-state index >= 15 is 0 Å². The van der Waals surface area contributed by atoms with Gasteiger partial charge in [0.05, 0.1) is 11.6 Å². The molecule has 1 aromatic carbocycles. The molecule has 0 bridgehead atoms. The molecule has 2 rings (SSSR count). The summed E-state index contributed by atoms with van der Waals surface area (Å²) in [6, 6.07) is 4.21. The van der Waals surface area contributed by atoms with Gasteiger partial charge in [-0.05, 0) is 40.9 Å². The molecule has 76 valence electrons. The summed E-state index contributed by atoms with van der Waals surface area (Å²) in [7, 11) is 3.86. The molecule has 0 atom stereocenters. The standard InChI is InChI=1S/C11H14BrNO/c1-13-7-3-4-8-10(13)6-5-9(12)11(8)14-2/h5-6H,3-4,7H2,1-2H3. The van der Waals surface area contributed by atoms with Crippen molar-refractivity contribution in [3.63, 3.8) is 0 Å². The quantitative estimate of drug-likeness (QED) is 0.766. The van der Waals surface area contributed by atoms with E-state index in [9.17, 15) is 0 Å². The molecule has 0 N–H and O–H groups in total. The van der Waals surface area contributed by atoms with Crippen LogP contribution in [-0.2, 0) is 6.42 Å². The molecule has 0 saturated heterocycles. The molecule has 0 saturated carbocycles. The zero-order chi connectivity index (χ0) is 10.1. The van der Waals surface area contributed by atoms with E-state index in [1.165, 1.54) is 17.7 Å². The number of ether oxygens (including phenoxy) is 1. The van der Waals surface area contributed by atoms with Crippen LogP contribution in [0.5, 0.6) is 5.75 Å². The van der Waals surface area contributed by atoms with Crippen LogP contribution in [0.1, 0.15) is 12.0 Å². The maximum Gasteiger partial charge on any atom is 0.138 e. The number of halogens is 1. The van der Waals surface area contributed by atoms with Crippen LogP contribution < -0.4 is 9.64 Å². The molecule has 0 spiro atoms. The molecule has 0 aromatic heterocycles. The predicted octanol–water partition coefficient (Wildman–Crippen LogP) is 2.84. The van der Waals surface area contributed by atoms with Crippen LogP contribution in [-0.4, -0.2) is 20.7 Å². The van der Waals surface area contributed by atoms with E-state index in [1.54, 1.807) is 7.11 Å². The summed E-state index contributed by atoms with van der Waals surface area (Å²) in [5.41, 5.74) is 2.63. The molecule has 0 unspecified atom stereocenters. The van der Waals surface area contributed by atoms with E-state index in [4.69, 9.17) is 4.74 Å². The van der Waals surface area contributed by atoms with Crippen molar-refractivity contribution in [2.75, 3.05) is 25.6 Å². The molecule has 0 radical (unpaired) electrons. The number of rotatable bonds is 1. The molecule has 3 heteroatoms. The van der Waals surface area contributed by atoms with E-state index in [0.29, 0.717) is 0 Å². The predicted molar refractivity (Wildman–Crippen MR) is 62.3 cm³/mol. The third-order valence-corrected chi connectivity index (χ3v) is 3.35. The highest BCUT2D eigenvalue weighted by molar-refractivity contribution is 9.10. The smallest absolute Gasteiger partial charge is 0.138 e. The van der Waals surface area contributed by atoms with Crippen molar-refractivity contribution in [1.82, 2.24) is 0 Å². The number of fused-ring (bicyclic) bond motifs is 1. The van der Waals surface area contributed by atoms with Crippen LogP contribution >= 0.6 is 15.9 Å². The van der Waals surface area contributed by atoms with Crippen LogP contribution in [0, 0.1) is 0 Å². The summed E-state index contributed by atoms with van der Waals surface area (Å²) in [5.74, 6) is 0.994. The van der Waals surface area contributed by atoms with Crippen molar-refractivity contribution >= 4 is 21.6 Å². The normalized spacial score (nSPS) is 15.2. The zero-order valence-electron chi connectivity index (χ0n) is 8.51. The van der Waals surface area contributed by atoms with Gasteiger partial charge in [0.2, 0.25) is 0 Å². The Bertz CT molecular complexity index is 351. The van der Waals surface area contributed by atoms with Gasteiger partial charge in [-0.25, -0.2) is 0 Å². The topological polar surface area (TPSA) is 12.5 Å². The molecule has 0 amide bonds. The van der Waals surface area contributed by atoms with E-state index in [2.05, 4.69) is 40.0 Å². The fraction of sp³-hybridized carbons (Fsp3) is 0.455. The van der Waals surface area contributed by atoms with Gasteiger partial charge in [-0.1, -0.05) is 0 Å². The van der Waals surface area contributed by atoms with Gasteiger partial charge in [0.1, 0.15) is 5.75 Å². The summed E-state index contributed by atoms with van der Waals surface area (Å²) in [6.45, 7) is 1.14. The second-order valence-corrected chi connectivity index (χ2v) is 4.46. The largest absolute Gasteiger partial charge is 0.495 e. The lowest BCUT2D eigenvalue weighted by Crippen LogP contribution is -2.24. The van der Waals surface area contributed by atoms with Crippen molar-refractivity contribution in [3.8, 4) is 5.75 Å². The van der Waals surface area contributed by atoms with E-state index in [1.807, 2.05) is 0 Å². The molecule has 1 aliphatic heterocycles. The van der Waals surface area contributed by atoms with Crippen LogP contribution in [0.2, 0.25) is 0 Å². The first-order valence-electron chi connectivity index (χ1n) is 4.80. The van der Waals surface area contributed by atoms with Gasteiger partial charge in [-0.15, -0.1) is 0 Å². The first kappa shape index (κ1) is 9.84. The minimum absolute atomic E-state index is 0.994. The van der Waals surface area contributed by atoms with E-state index in [0.717, 1.165) is 23.2 Å². The lowest BCUT2D eigenvalue weighted by Gasteiger charge is -2.29. The average molecular weight is 256 g/mol. The highest BCUT2D eigenvalue weighted by Crippen LogP contribution is 2.38. The van der Waals surface area contributed by atoms with Crippen molar-refractivity contribution < 1.29 is 4.74 Å². The third kappa shape index (κ3) is 1.50. The summed E-state index contributed by atoms with van der Waals surface area (Å²) in [6.07, 6.45) is 2.32. The highest BCUT2D eigenvalue weighted by atomic mass is 79.9. The van der Waals surface area contributed by atoms with Gasteiger partial charge < -0.3 is 9.64 Å². The first-order chi connectivity index (χ1) is 6.74. The van der Waals surface area contributed by atoms with Crippen LogP contribution in [0.4, 0.5) is 5.69 Å². The molecule has 0 aliphatic carbocycles. The Hall–Kier alpha value is -0.700. The Labute approximate surface area is 93.0 Å². The van der Waals surface area contributed by atoms with Gasteiger partial charge in [0, 0.05) is 24.8 Å². The first-order valence-corrected chi connectivity index (χ1v) is 5.60. The lowest BCUT2D eigenvalue weighted by molar-refractivity contribution is 0.405. The fourth-order valence-corrected chi connectivity index (χ4v) is 2.56. The molecule has 1 heterocycles. The van der Waals surface area contributed by atoms with E-state index < -0.39 is 0 Å². The molecule has 1 aromatic rings. The Kier molecular flexibility index (Phi) is 2.68. The lowest BCUT2D eigenvalue weighted by atomic mass is 10.0. The molecule has 0 fully saturated rings. The maximum atomic E-state index is 5.42. The Balaban J connectivity index is 2.55. The number of hydrogen-bond donors (Lipinski definition) is 0. The summed E-state index contributed by atoms with van der Waals surface area (Å²) in [5, 5.41) is 0. The number of methoxy groups -OCH3 is 1. The Morgan fingerprint density at radius 2 is 2.21 bits per heavy atom. The van der Waals surface area contributed by atoms with Crippen LogP contribution in [0.25, 0.3) is 0 Å². The monoisotopic (exact) mass is 255 g/mol. The van der Waals surface area contributed by atoms with Gasteiger partial charge >= 0.3 is 0 Å². The minimum atomic E-state index is 0.994. The molecular weight excluding hydrogens is 242 g/mol. The van der Waals surface area contributed by atoms with Gasteiger partial charge in [-0.3, -0.25) is 0 Å². The van der Waals surface area contributed by atoms with Crippen LogP contribution in [0.15, 0.2) is 16.6 Å². The zero-order valence-corrected chi connectivity index (χ0v) is 10.1.